The van der Waals surface area contributed by atoms with E-state index in [-0.39, 0.29) is 29.6 Å². The van der Waals surface area contributed by atoms with Crippen molar-refractivity contribution < 1.29 is 19.1 Å². The molecule has 9 rings (SSSR count). The first kappa shape index (κ1) is 51.4. The number of alkyl halides is 1. The summed E-state index contributed by atoms with van der Waals surface area (Å²) in [6, 6.07) is 31.5. The number of likely N-dealkylation sites (N-methyl/N-ethyl adjacent to an activating group) is 2. The first-order valence-electron chi connectivity index (χ1n) is 23.3. The number of ether oxygens (including phenoxy) is 2. The van der Waals surface area contributed by atoms with Crippen molar-refractivity contribution in [2.24, 2.45) is 10.7 Å². The molecule has 1 aromatic heterocycles. The number of nitrogens with zero attached hydrogens (tertiary/aromatic N) is 4. The van der Waals surface area contributed by atoms with Crippen LogP contribution in [0.3, 0.4) is 0 Å². The Kier molecular flexibility index (Phi) is 19.3. The number of rotatable bonds is 16. The van der Waals surface area contributed by atoms with Gasteiger partial charge in [0.1, 0.15) is 34.4 Å². The number of amidine groups is 1. The number of carbonyl (C=O) groups excluding carboxylic acids is 2. The van der Waals surface area contributed by atoms with Gasteiger partial charge in [-0.1, -0.05) is 89.3 Å². The smallest absolute Gasteiger partial charge is 0.206 e. The van der Waals surface area contributed by atoms with Crippen LogP contribution in [0.4, 0.5) is 22.3 Å². The van der Waals surface area contributed by atoms with E-state index in [2.05, 4.69) is 81.6 Å². The number of thiazole rings is 1. The lowest BCUT2D eigenvalue weighted by molar-refractivity contribution is 0.102. The van der Waals surface area contributed by atoms with E-state index in [4.69, 9.17) is 33.2 Å². The number of carbonyl (C=O) groups is 2. The Bertz CT molecular complexity index is 2500. The Labute approximate surface area is 425 Å². The molecule has 2 aliphatic heterocycles. The summed E-state index contributed by atoms with van der Waals surface area (Å²) in [5.74, 6) is 3.43. The van der Waals surface area contributed by atoms with Crippen molar-refractivity contribution in [3.8, 4) is 11.5 Å². The van der Waals surface area contributed by atoms with Gasteiger partial charge in [-0.3, -0.25) is 19.4 Å². The highest BCUT2D eigenvalue weighted by atomic mass is 79.9. The van der Waals surface area contributed by atoms with Crippen molar-refractivity contribution >= 4 is 105 Å². The number of nitrogen functional groups attached to an aromatic ring is 1. The molecule has 3 unspecified atom stereocenters. The molecule has 3 atom stereocenters. The second-order valence-electron chi connectivity index (χ2n) is 17.1. The van der Waals surface area contributed by atoms with Gasteiger partial charge in [-0.25, -0.2) is 4.98 Å². The Morgan fingerprint density at radius 3 is 1.85 bits per heavy atom. The Balaban J connectivity index is 0.000000165. The van der Waals surface area contributed by atoms with Gasteiger partial charge in [-0.15, -0.1) is 9.24 Å². The first-order chi connectivity index (χ1) is 33.0. The molecule has 4 fully saturated rings. The predicted molar refractivity (Wildman–Crippen MR) is 293 cm³/mol. The van der Waals surface area contributed by atoms with E-state index in [0.29, 0.717) is 37.1 Å². The zero-order valence-corrected chi connectivity index (χ0v) is 43.9. The second-order valence-corrected chi connectivity index (χ2v) is 21.1. The maximum absolute atomic E-state index is 13.0. The zero-order chi connectivity index (χ0) is 48.0. The fourth-order valence-electron chi connectivity index (χ4n) is 7.96. The normalized spacial score (nSPS) is 18.1. The van der Waals surface area contributed by atoms with Crippen molar-refractivity contribution in [3.63, 3.8) is 0 Å². The van der Waals surface area contributed by atoms with Crippen molar-refractivity contribution in [1.82, 2.24) is 14.8 Å². The molecule has 2 aliphatic carbocycles. The van der Waals surface area contributed by atoms with E-state index in [1.165, 1.54) is 59.9 Å². The van der Waals surface area contributed by atoms with E-state index in [0.717, 1.165) is 92.0 Å². The van der Waals surface area contributed by atoms with E-state index in [1.54, 1.807) is 0 Å². The quantitative estimate of drug-likeness (QED) is 0.0185. The van der Waals surface area contributed by atoms with Crippen LogP contribution < -0.4 is 31.6 Å². The van der Waals surface area contributed by atoms with Gasteiger partial charge < -0.3 is 31.6 Å². The average Bonchev–Trinajstić information content (AvgIpc) is 4.27. The average molecular weight is 1060 g/mol. The van der Waals surface area contributed by atoms with Crippen LogP contribution in [-0.2, 0) is 0 Å². The summed E-state index contributed by atoms with van der Waals surface area (Å²) in [5.41, 5.74) is 18.4. The Morgan fingerprint density at radius 2 is 1.35 bits per heavy atom. The highest BCUT2D eigenvalue weighted by Gasteiger charge is 2.27. The van der Waals surface area contributed by atoms with Crippen molar-refractivity contribution in [2.45, 2.75) is 76.4 Å². The zero-order valence-electron chi connectivity index (χ0n) is 38.7. The number of nitrogens with one attached hydrogen (secondary N) is 2. The molecular weight excluding hydrogens is 996 g/mol. The van der Waals surface area contributed by atoms with Gasteiger partial charge in [0.15, 0.2) is 21.2 Å². The molecule has 2 saturated heterocycles. The minimum Gasteiger partial charge on any atom is -0.489 e. The van der Waals surface area contributed by atoms with Gasteiger partial charge in [0.05, 0.1) is 5.33 Å². The van der Waals surface area contributed by atoms with Crippen molar-refractivity contribution in [1.29, 1.82) is 0 Å². The van der Waals surface area contributed by atoms with Crippen LogP contribution in [-0.4, -0.2) is 98.9 Å². The van der Waals surface area contributed by atoms with E-state index >= 15 is 0 Å². The highest BCUT2D eigenvalue weighted by molar-refractivity contribution is 9.09. The number of likely N-dealkylation sites (tertiary alicyclic amines) is 2. The maximum atomic E-state index is 13.0. The standard InChI is InChI=1S/C25H28N4O2S.C15H23N4OPS2.C11H11BrO/c1-2-29-13-12-21(15-29)31-20-10-8-19(9-11-20)27-25-28-24(26)23(32-25)22(30)18-5-3-4-17(14-18)16-6-7-16;1-2-19-8-7-13(9-19)20-12-5-3-11(4-6-12)17-15(22)18-14(16)23-10-21;12-7-11(13)10-3-1-2-9(6-10)8-4-5-8/h3-5,8-11,14,16,21H,2,6-7,12-13,15,26H2,1H3,(H,27,28);3-6,13H,2,7-10,21H2,1H3,(H3,16,17,18,22);1-3,6,8H,4-5,7H2. The number of thiocarbonyl (C=S) groups is 1. The van der Waals surface area contributed by atoms with Crippen LogP contribution in [0.15, 0.2) is 102 Å². The Morgan fingerprint density at radius 1 is 0.824 bits per heavy atom. The summed E-state index contributed by atoms with van der Waals surface area (Å²) < 4.78 is 12.1. The van der Waals surface area contributed by atoms with Gasteiger partial charge >= 0.3 is 0 Å². The van der Waals surface area contributed by atoms with Gasteiger partial charge in [-0.05, 0) is 147 Å². The highest BCUT2D eigenvalue weighted by Crippen LogP contribution is 2.41. The number of aliphatic imine (C=N–C) groups is 1. The summed E-state index contributed by atoms with van der Waals surface area (Å²) in [6.07, 6.45) is 7.65. The molecule has 4 aliphatic rings. The van der Waals surface area contributed by atoms with Crippen LogP contribution in [0.2, 0.25) is 0 Å². The third-order valence-corrected chi connectivity index (χ3v) is 14.8. The summed E-state index contributed by atoms with van der Waals surface area (Å²) in [6.45, 7) is 10.7. The van der Waals surface area contributed by atoms with E-state index < -0.39 is 0 Å². The maximum Gasteiger partial charge on any atom is 0.206 e. The number of aromatic nitrogens is 1. The largest absolute Gasteiger partial charge is 0.489 e. The van der Waals surface area contributed by atoms with Crippen LogP contribution in [0.5, 0.6) is 11.5 Å². The lowest BCUT2D eigenvalue weighted by atomic mass is 10.0. The van der Waals surface area contributed by atoms with Crippen LogP contribution in [0.1, 0.15) is 101 Å². The van der Waals surface area contributed by atoms with Crippen LogP contribution in [0.25, 0.3) is 0 Å². The lowest BCUT2D eigenvalue weighted by Gasteiger charge is -2.15. The topological polar surface area (TPSA) is 160 Å². The molecule has 2 saturated carbocycles. The number of hydrogen-bond acceptors (Lipinski definition) is 12. The molecule has 6 N–H and O–H groups in total. The third-order valence-electron chi connectivity index (χ3n) is 12.0. The SMILES string of the molecule is CCN1CCC(Oc2ccc(NC(=S)N=C(N)SCP)cc2)C1.CCN1CCC(Oc2ccc(Nc3nc(N)c(C(=O)c4cccc(C5CC5)c4)s3)cc2)C1.O=C(CBr)c1cccc(C2CC2)c1. The monoisotopic (exact) mass is 1060 g/mol. The molecule has 4 aromatic carbocycles. The summed E-state index contributed by atoms with van der Waals surface area (Å²) in [7, 11) is 2.58. The number of ketones is 2. The fraction of sp³-hybridized carbons (Fsp3) is 0.392. The van der Waals surface area contributed by atoms with Gasteiger partial charge in [-0.2, -0.15) is 4.99 Å². The molecule has 3 heterocycles. The number of thioether (sulfide) groups is 1. The minimum absolute atomic E-state index is 0.0722. The molecule has 0 amide bonds. The molecule has 0 spiro atoms. The molecular formula is C51H62BrN8O4PS3. The molecule has 12 nitrogen and oxygen atoms in total. The Hall–Kier alpha value is -4.41. The molecule has 5 aromatic rings. The van der Waals surface area contributed by atoms with Crippen LogP contribution >= 0.6 is 60.5 Å². The van der Waals surface area contributed by atoms with E-state index in [9.17, 15) is 9.59 Å². The summed E-state index contributed by atoms with van der Waals surface area (Å²) >= 11 is 11.1. The molecule has 0 radical (unpaired) electrons. The molecule has 360 valence electrons. The van der Waals surface area contributed by atoms with Gasteiger partial charge in [0, 0.05) is 54.2 Å². The third kappa shape index (κ3) is 15.5. The molecule has 0 bridgehead atoms. The lowest BCUT2D eigenvalue weighted by Crippen LogP contribution is -2.24. The van der Waals surface area contributed by atoms with Crippen molar-refractivity contribution in [2.75, 3.05) is 66.5 Å². The minimum atomic E-state index is -0.0722. The number of anilines is 4. The number of halogens is 1. The molecule has 68 heavy (non-hydrogen) atoms. The van der Waals surface area contributed by atoms with Crippen LogP contribution in [0, 0.1) is 0 Å². The number of nitrogens with two attached hydrogens (primary N) is 2. The van der Waals surface area contributed by atoms with E-state index in [1.807, 2.05) is 84.9 Å². The predicted octanol–water partition coefficient (Wildman–Crippen LogP) is 10.9. The number of Topliss-reactive ketones (excluding diaryl/α,β-unsaturated/α-hetero) is 1. The summed E-state index contributed by atoms with van der Waals surface area (Å²) in [4.78, 5) is 38.1. The van der Waals surface area contributed by atoms with Gasteiger partial charge in [0.25, 0.3) is 0 Å². The molecule has 17 heteroatoms. The first-order valence-corrected chi connectivity index (χ1v) is 27.5. The summed E-state index contributed by atoms with van der Waals surface area (Å²) in [5, 5.41) is 8.14. The number of hydrogen-bond donors (Lipinski definition) is 4. The second kappa shape index (κ2) is 25.4. The fourth-order valence-corrected chi connectivity index (χ4v) is 10.3. The van der Waals surface area contributed by atoms with Gasteiger partial charge in [0.2, 0.25) is 5.78 Å². The van der Waals surface area contributed by atoms with Crippen molar-refractivity contribution in [3.05, 3.63) is 124 Å². The number of benzene rings is 4.